The Bertz CT molecular complexity index is 707. The molecule has 0 aromatic heterocycles. The largest absolute Gasteiger partial charge is 0.299 e. The van der Waals surface area contributed by atoms with Gasteiger partial charge in [-0.05, 0) is 26.0 Å². The number of ketones is 3. The topological polar surface area (TPSA) is 88.6 Å². The van der Waals surface area contributed by atoms with Crippen LogP contribution in [0.3, 0.4) is 0 Å². The van der Waals surface area contributed by atoms with Gasteiger partial charge in [0.15, 0.2) is 11.6 Å². The summed E-state index contributed by atoms with van der Waals surface area (Å²) < 4.78 is 25.6. The van der Waals surface area contributed by atoms with E-state index in [1.54, 1.807) is 0 Å². The molecule has 0 N–H and O–H groups in total. The minimum absolute atomic E-state index is 0.00694. The lowest BCUT2D eigenvalue weighted by atomic mass is 10.0. The maximum Gasteiger partial charge on any atom is 0.245 e. The highest BCUT2D eigenvalue weighted by Crippen LogP contribution is 2.30. The van der Waals surface area contributed by atoms with Crippen LogP contribution in [0.1, 0.15) is 24.2 Å². The van der Waals surface area contributed by atoms with Crippen molar-refractivity contribution in [2.75, 3.05) is 6.54 Å². The molecule has 7 heteroatoms. The van der Waals surface area contributed by atoms with Crippen molar-refractivity contribution < 1.29 is 22.8 Å². The highest BCUT2D eigenvalue weighted by molar-refractivity contribution is 7.89. The van der Waals surface area contributed by atoms with Crippen molar-refractivity contribution in [1.82, 2.24) is 4.31 Å². The average molecular weight is 295 g/mol. The van der Waals surface area contributed by atoms with Gasteiger partial charge in [-0.1, -0.05) is 12.1 Å². The van der Waals surface area contributed by atoms with E-state index in [1.807, 2.05) is 0 Å². The number of sulfonamides is 1. The molecule has 1 atom stereocenters. The average Bonchev–Trinajstić information content (AvgIpc) is 2.35. The quantitative estimate of drug-likeness (QED) is 0.754. The number of hydrogen-bond acceptors (Lipinski definition) is 5. The van der Waals surface area contributed by atoms with Crippen LogP contribution in [-0.2, 0) is 19.6 Å². The van der Waals surface area contributed by atoms with Gasteiger partial charge in [-0.25, -0.2) is 8.42 Å². The van der Waals surface area contributed by atoms with Gasteiger partial charge in [-0.2, -0.15) is 4.31 Å². The highest BCUT2D eigenvalue weighted by Gasteiger charge is 2.46. The third-order valence-electron chi connectivity index (χ3n) is 3.04. The Hall–Kier alpha value is -1.86. The lowest BCUT2D eigenvalue weighted by molar-refractivity contribution is -0.121. The second-order valence-electron chi connectivity index (χ2n) is 4.63. The summed E-state index contributed by atoms with van der Waals surface area (Å²) in [6, 6.07) is 4.23. The summed E-state index contributed by atoms with van der Waals surface area (Å²) in [5, 5.41) is 0. The summed E-state index contributed by atoms with van der Waals surface area (Å²) in [6.07, 6.45) is 0. The second-order valence-corrected chi connectivity index (χ2v) is 6.48. The fourth-order valence-corrected chi connectivity index (χ4v) is 4.04. The lowest BCUT2D eigenvalue weighted by Gasteiger charge is -2.32. The number of carbonyl (C=O) groups excluding carboxylic acids is 3. The van der Waals surface area contributed by atoms with E-state index in [0.29, 0.717) is 4.31 Å². The number of Topliss-reactive ketones (excluding diaryl/α,β-unsaturated/α-hetero) is 3. The van der Waals surface area contributed by atoms with E-state index in [-0.39, 0.29) is 10.5 Å². The molecular formula is C13H13NO5S. The lowest BCUT2D eigenvalue weighted by Crippen LogP contribution is -2.54. The molecule has 0 amide bonds. The van der Waals surface area contributed by atoms with Crippen molar-refractivity contribution in [2.45, 2.75) is 24.8 Å². The molecule has 0 radical (unpaired) electrons. The van der Waals surface area contributed by atoms with Gasteiger partial charge in [0.2, 0.25) is 10.0 Å². The number of benzene rings is 1. The zero-order valence-electron chi connectivity index (χ0n) is 11.0. The molecule has 0 fully saturated rings. The van der Waals surface area contributed by atoms with Gasteiger partial charge in [-0.15, -0.1) is 0 Å². The zero-order chi connectivity index (χ0) is 15.1. The van der Waals surface area contributed by atoms with Crippen molar-refractivity contribution in [1.29, 1.82) is 0 Å². The van der Waals surface area contributed by atoms with Crippen LogP contribution in [-0.4, -0.2) is 42.7 Å². The molecule has 0 bridgehead atoms. The summed E-state index contributed by atoms with van der Waals surface area (Å²) in [7, 11) is -4.03. The standard InChI is InChI=1S/C13H13NO5S/c1-8(15)7-14-12(9(2)16)13(17)10-5-3-4-6-11(10)20(14,18)19/h3-6,12H,7H2,1-2H3. The van der Waals surface area contributed by atoms with Gasteiger partial charge in [0, 0.05) is 5.56 Å². The van der Waals surface area contributed by atoms with Crippen LogP contribution >= 0.6 is 0 Å². The summed E-state index contributed by atoms with van der Waals surface area (Å²) in [5.41, 5.74) is -0.00694. The molecule has 1 aliphatic heterocycles. The van der Waals surface area contributed by atoms with Crippen LogP contribution in [0.5, 0.6) is 0 Å². The maximum atomic E-state index is 12.5. The maximum absolute atomic E-state index is 12.5. The van der Waals surface area contributed by atoms with Gasteiger partial charge >= 0.3 is 0 Å². The Balaban J connectivity index is 2.71. The Morgan fingerprint density at radius 2 is 1.80 bits per heavy atom. The molecule has 0 saturated carbocycles. The van der Waals surface area contributed by atoms with Crippen molar-refractivity contribution >= 4 is 27.4 Å². The molecule has 2 rings (SSSR count). The monoisotopic (exact) mass is 295 g/mol. The molecule has 1 aromatic rings. The van der Waals surface area contributed by atoms with Crippen molar-refractivity contribution in [3.05, 3.63) is 29.8 Å². The predicted molar refractivity (Wildman–Crippen MR) is 69.8 cm³/mol. The van der Waals surface area contributed by atoms with Crippen LogP contribution in [0, 0.1) is 0 Å². The first-order chi connectivity index (χ1) is 9.26. The van der Waals surface area contributed by atoms with E-state index in [1.165, 1.54) is 31.2 Å². The first kappa shape index (κ1) is 14.5. The molecule has 6 nitrogen and oxygen atoms in total. The van der Waals surface area contributed by atoms with E-state index < -0.39 is 40.0 Å². The van der Waals surface area contributed by atoms with E-state index in [4.69, 9.17) is 0 Å². The first-order valence-electron chi connectivity index (χ1n) is 5.92. The summed E-state index contributed by atoms with van der Waals surface area (Å²) in [5.74, 6) is -1.63. The molecular weight excluding hydrogens is 282 g/mol. The smallest absolute Gasteiger partial charge is 0.245 e. The minimum Gasteiger partial charge on any atom is -0.299 e. The Morgan fingerprint density at radius 1 is 1.20 bits per heavy atom. The molecule has 0 saturated heterocycles. The van der Waals surface area contributed by atoms with Crippen molar-refractivity contribution in [2.24, 2.45) is 0 Å². The molecule has 106 valence electrons. The molecule has 1 heterocycles. The zero-order valence-corrected chi connectivity index (χ0v) is 11.8. The molecule has 1 unspecified atom stereocenters. The number of fused-ring (bicyclic) bond motifs is 1. The third kappa shape index (κ3) is 2.19. The Kier molecular flexibility index (Phi) is 3.58. The first-order valence-corrected chi connectivity index (χ1v) is 7.36. The SMILES string of the molecule is CC(=O)CN1C(C(C)=O)C(=O)c2ccccc2S1(=O)=O. The van der Waals surface area contributed by atoms with Gasteiger partial charge in [0.05, 0.1) is 11.4 Å². The van der Waals surface area contributed by atoms with Crippen LogP contribution < -0.4 is 0 Å². The number of hydrogen-bond donors (Lipinski definition) is 0. The molecule has 1 aromatic carbocycles. The van der Waals surface area contributed by atoms with E-state index >= 15 is 0 Å². The van der Waals surface area contributed by atoms with E-state index in [9.17, 15) is 22.8 Å². The molecule has 0 aliphatic carbocycles. The van der Waals surface area contributed by atoms with E-state index in [2.05, 4.69) is 0 Å². The van der Waals surface area contributed by atoms with Crippen molar-refractivity contribution in [3.8, 4) is 0 Å². The fourth-order valence-electron chi connectivity index (χ4n) is 2.22. The van der Waals surface area contributed by atoms with Gasteiger partial charge < -0.3 is 0 Å². The Labute approximate surface area is 116 Å². The molecule has 20 heavy (non-hydrogen) atoms. The number of rotatable bonds is 3. The normalized spacial score (nSPS) is 21.3. The van der Waals surface area contributed by atoms with Crippen LogP contribution in [0.2, 0.25) is 0 Å². The molecule has 0 spiro atoms. The predicted octanol–water partition coefficient (Wildman–Crippen LogP) is 0.420. The number of nitrogens with zero attached hydrogens (tertiary/aromatic N) is 1. The van der Waals surface area contributed by atoms with Crippen LogP contribution in [0.4, 0.5) is 0 Å². The third-order valence-corrected chi connectivity index (χ3v) is 4.91. The number of carbonyl (C=O) groups is 3. The summed E-state index contributed by atoms with van der Waals surface area (Å²) >= 11 is 0. The van der Waals surface area contributed by atoms with E-state index in [0.717, 1.165) is 6.92 Å². The van der Waals surface area contributed by atoms with Crippen LogP contribution in [0.25, 0.3) is 0 Å². The highest BCUT2D eigenvalue weighted by atomic mass is 32.2. The summed E-state index contributed by atoms with van der Waals surface area (Å²) in [6.45, 7) is 1.85. The fraction of sp³-hybridized carbons (Fsp3) is 0.308. The second kappa shape index (κ2) is 4.92. The van der Waals surface area contributed by atoms with Gasteiger partial charge in [-0.3, -0.25) is 14.4 Å². The van der Waals surface area contributed by atoms with Crippen molar-refractivity contribution in [3.63, 3.8) is 0 Å². The Morgan fingerprint density at radius 3 is 2.35 bits per heavy atom. The molecule has 1 aliphatic rings. The minimum atomic E-state index is -4.03. The van der Waals surface area contributed by atoms with Gasteiger partial charge in [0.1, 0.15) is 11.8 Å². The summed E-state index contributed by atoms with van der Waals surface area (Å²) in [4.78, 5) is 35.1. The van der Waals surface area contributed by atoms with Gasteiger partial charge in [0.25, 0.3) is 0 Å². The van der Waals surface area contributed by atoms with Crippen LogP contribution in [0.15, 0.2) is 29.2 Å².